The molecule has 0 aliphatic carbocycles. The molecule has 0 aliphatic heterocycles. The van der Waals surface area contributed by atoms with Crippen molar-refractivity contribution in [1.29, 1.82) is 0 Å². The lowest BCUT2D eigenvalue weighted by Crippen LogP contribution is -2.06. The molecule has 1 heteroatoms. The van der Waals surface area contributed by atoms with E-state index in [1.54, 1.807) is 5.56 Å². The lowest BCUT2D eigenvalue weighted by molar-refractivity contribution is 0.712. The van der Waals surface area contributed by atoms with Gasteiger partial charge in [-0.25, -0.2) is 0 Å². The lowest BCUT2D eigenvalue weighted by atomic mass is 9.84. The second-order valence-electron chi connectivity index (χ2n) is 7.56. The van der Waals surface area contributed by atoms with E-state index < -0.39 is 0 Å². The summed E-state index contributed by atoms with van der Waals surface area (Å²) in [5, 5.41) is 0. The molecule has 0 aliphatic rings. The van der Waals surface area contributed by atoms with E-state index in [1.807, 2.05) is 0 Å². The van der Waals surface area contributed by atoms with Gasteiger partial charge in [0.05, 0.1) is 0 Å². The van der Waals surface area contributed by atoms with E-state index in [-0.39, 0.29) is 0 Å². The van der Waals surface area contributed by atoms with E-state index in [1.165, 1.54) is 39.8 Å². The average molecular weight is 352 g/mol. The third-order valence-electron chi connectivity index (χ3n) is 5.86. The molecular weight excluding hydrogens is 314 g/mol. The first kappa shape index (κ1) is 20.6. The molecule has 2 aromatic rings. The molecule has 0 bridgehead atoms. The van der Waals surface area contributed by atoms with Gasteiger partial charge in [0.1, 0.15) is 0 Å². The number of nitrogen functional groups attached to an aromatic ring is 1. The lowest BCUT2D eigenvalue weighted by Gasteiger charge is -2.21. The fraction of sp³-hybridized carbons (Fsp3) is 0.520. The molecular formula is C25H37N. The van der Waals surface area contributed by atoms with Gasteiger partial charge in [-0.3, -0.25) is 0 Å². The summed E-state index contributed by atoms with van der Waals surface area (Å²) in [6, 6.07) is 9.53. The summed E-state index contributed by atoms with van der Waals surface area (Å²) in [5.41, 5.74) is 17.4. The standard InChI is InChI=1S/C25H37N/c1-7-17(6)24-20(8-2)13-18(14-21(24)9-3)12-19-15-22(10-4)25(26)23(11-5)16-19/h13-17H,7-12,26H2,1-6H3/t17-/m1/s1. The molecule has 2 aromatic carbocycles. The van der Waals surface area contributed by atoms with E-state index in [0.29, 0.717) is 5.92 Å². The van der Waals surface area contributed by atoms with Crippen LogP contribution in [0, 0.1) is 0 Å². The van der Waals surface area contributed by atoms with Crippen LogP contribution in [-0.2, 0) is 32.1 Å². The Kier molecular flexibility index (Phi) is 7.32. The van der Waals surface area contributed by atoms with Crippen molar-refractivity contribution in [3.05, 3.63) is 63.2 Å². The third kappa shape index (κ3) is 4.31. The summed E-state index contributed by atoms with van der Waals surface area (Å²) in [4.78, 5) is 0. The Bertz CT molecular complexity index is 692. The highest BCUT2D eigenvalue weighted by Gasteiger charge is 2.15. The molecule has 0 fully saturated rings. The Morgan fingerprint density at radius 3 is 1.42 bits per heavy atom. The van der Waals surface area contributed by atoms with Gasteiger partial charge in [0, 0.05) is 5.69 Å². The monoisotopic (exact) mass is 351 g/mol. The number of rotatable bonds is 8. The maximum absolute atomic E-state index is 6.33. The molecule has 0 spiro atoms. The van der Waals surface area contributed by atoms with Crippen molar-refractivity contribution in [2.75, 3.05) is 5.73 Å². The summed E-state index contributed by atoms with van der Waals surface area (Å²) in [7, 11) is 0. The van der Waals surface area contributed by atoms with E-state index >= 15 is 0 Å². The van der Waals surface area contributed by atoms with Crippen LogP contribution in [0.3, 0.4) is 0 Å². The number of anilines is 1. The molecule has 0 radical (unpaired) electrons. The van der Waals surface area contributed by atoms with Crippen molar-refractivity contribution in [2.45, 2.75) is 86.0 Å². The average Bonchev–Trinajstić information content (AvgIpc) is 2.67. The number of benzene rings is 2. The normalized spacial score (nSPS) is 12.4. The minimum Gasteiger partial charge on any atom is -0.398 e. The maximum atomic E-state index is 6.33. The van der Waals surface area contributed by atoms with Crippen molar-refractivity contribution in [3.8, 4) is 0 Å². The highest BCUT2D eigenvalue weighted by molar-refractivity contribution is 5.56. The van der Waals surface area contributed by atoms with Gasteiger partial charge < -0.3 is 5.73 Å². The zero-order chi connectivity index (χ0) is 19.3. The second kappa shape index (κ2) is 9.26. The second-order valence-corrected chi connectivity index (χ2v) is 7.56. The summed E-state index contributed by atoms with van der Waals surface area (Å²) in [6.07, 6.45) is 6.43. The molecule has 0 saturated heterocycles. The molecule has 0 unspecified atom stereocenters. The quantitative estimate of drug-likeness (QED) is 0.531. The van der Waals surface area contributed by atoms with Crippen LogP contribution in [0.2, 0.25) is 0 Å². The topological polar surface area (TPSA) is 26.0 Å². The van der Waals surface area contributed by atoms with Gasteiger partial charge in [-0.2, -0.15) is 0 Å². The van der Waals surface area contributed by atoms with Crippen molar-refractivity contribution < 1.29 is 0 Å². The zero-order valence-electron chi connectivity index (χ0n) is 17.7. The van der Waals surface area contributed by atoms with Gasteiger partial charge in [0.2, 0.25) is 0 Å². The number of hydrogen-bond acceptors (Lipinski definition) is 1. The minimum absolute atomic E-state index is 0.642. The van der Waals surface area contributed by atoms with Crippen LogP contribution in [0.15, 0.2) is 24.3 Å². The molecule has 0 saturated carbocycles. The van der Waals surface area contributed by atoms with Gasteiger partial charge in [-0.15, -0.1) is 0 Å². The maximum Gasteiger partial charge on any atom is 0.0379 e. The molecule has 2 N–H and O–H groups in total. The first-order chi connectivity index (χ1) is 12.5. The largest absolute Gasteiger partial charge is 0.398 e. The van der Waals surface area contributed by atoms with Crippen LogP contribution in [0.25, 0.3) is 0 Å². The third-order valence-corrected chi connectivity index (χ3v) is 5.86. The predicted octanol–water partition coefficient (Wildman–Crippen LogP) is 6.62. The molecule has 142 valence electrons. The van der Waals surface area contributed by atoms with Crippen molar-refractivity contribution in [1.82, 2.24) is 0 Å². The van der Waals surface area contributed by atoms with Gasteiger partial charge in [-0.1, -0.05) is 65.8 Å². The van der Waals surface area contributed by atoms with E-state index in [9.17, 15) is 0 Å². The van der Waals surface area contributed by atoms with Gasteiger partial charge in [0.25, 0.3) is 0 Å². The zero-order valence-corrected chi connectivity index (χ0v) is 17.7. The van der Waals surface area contributed by atoms with Crippen molar-refractivity contribution >= 4 is 5.69 Å². The van der Waals surface area contributed by atoms with Crippen LogP contribution in [0.5, 0.6) is 0 Å². The van der Waals surface area contributed by atoms with Crippen molar-refractivity contribution in [3.63, 3.8) is 0 Å². The van der Waals surface area contributed by atoms with Crippen LogP contribution in [0.4, 0.5) is 5.69 Å². The first-order valence-corrected chi connectivity index (χ1v) is 10.5. The highest BCUT2D eigenvalue weighted by atomic mass is 14.6. The fourth-order valence-electron chi connectivity index (χ4n) is 4.15. The molecule has 2 rings (SSSR count). The Balaban J connectivity index is 2.47. The van der Waals surface area contributed by atoms with Crippen molar-refractivity contribution in [2.24, 2.45) is 0 Å². The Morgan fingerprint density at radius 2 is 1.08 bits per heavy atom. The van der Waals surface area contributed by atoms with E-state index in [2.05, 4.69) is 65.8 Å². The summed E-state index contributed by atoms with van der Waals surface area (Å²) < 4.78 is 0. The Hall–Kier alpha value is -1.76. The SMILES string of the molecule is CCc1cc(Cc2cc(CC)c([C@H](C)CC)c(CC)c2)cc(CC)c1N. The molecule has 1 nitrogen and oxygen atoms in total. The summed E-state index contributed by atoms with van der Waals surface area (Å²) in [5.74, 6) is 0.642. The number of hydrogen-bond donors (Lipinski definition) is 1. The molecule has 0 aromatic heterocycles. The first-order valence-electron chi connectivity index (χ1n) is 10.5. The fourth-order valence-corrected chi connectivity index (χ4v) is 4.15. The Morgan fingerprint density at radius 1 is 0.692 bits per heavy atom. The Labute approximate surface area is 161 Å². The van der Waals surface area contributed by atoms with Crippen LogP contribution in [0.1, 0.15) is 92.8 Å². The van der Waals surface area contributed by atoms with Crippen LogP contribution >= 0.6 is 0 Å². The van der Waals surface area contributed by atoms with E-state index in [4.69, 9.17) is 5.73 Å². The molecule has 0 heterocycles. The van der Waals surface area contributed by atoms with Crippen LogP contribution in [-0.4, -0.2) is 0 Å². The minimum atomic E-state index is 0.642. The predicted molar refractivity (Wildman–Crippen MR) is 116 cm³/mol. The number of nitrogens with two attached hydrogens (primary N) is 1. The van der Waals surface area contributed by atoms with Gasteiger partial charge in [-0.05, 0) is 83.4 Å². The molecule has 26 heavy (non-hydrogen) atoms. The summed E-state index contributed by atoms with van der Waals surface area (Å²) in [6.45, 7) is 13.6. The number of aryl methyl sites for hydroxylation is 4. The van der Waals surface area contributed by atoms with Gasteiger partial charge >= 0.3 is 0 Å². The highest BCUT2D eigenvalue weighted by Crippen LogP contribution is 2.30. The molecule has 0 amide bonds. The smallest absolute Gasteiger partial charge is 0.0379 e. The summed E-state index contributed by atoms with van der Waals surface area (Å²) >= 11 is 0. The van der Waals surface area contributed by atoms with Gasteiger partial charge in [0.15, 0.2) is 0 Å². The van der Waals surface area contributed by atoms with E-state index in [0.717, 1.165) is 37.8 Å². The molecule has 1 atom stereocenters. The van der Waals surface area contributed by atoms with Crippen LogP contribution < -0.4 is 5.73 Å².